The molecular formula is C15H11ClFN. The van der Waals surface area contributed by atoms with E-state index in [0.29, 0.717) is 6.54 Å². The van der Waals surface area contributed by atoms with Gasteiger partial charge in [0, 0.05) is 18.3 Å². The molecule has 0 radical (unpaired) electrons. The van der Waals surface area contributed by atoms with Gasteiger partial charge in [0.2, 0.25) is 0 Å². The molecule has 0 saturated carbocycles. The number of nitrogens with zero attached hydrogens (tertiary/aromatic N) is 1. The molecule has 0 N–H and O–H groups in total. The van der Waals surface area contributed by atoms with Crippen LogP contribution in [0, 0.1) is 5.82 Å². The average molecular weight is 260 g/mol. The maximum atomic E-state index is 13.4. The normalized spacial score (nSPS) is 11.0. The van der Waals surface area contributed by atoms with E-state index in [1.54, 1.807) is 6.07 Å². The Labute approximate surface area is 109 Å². The van der Waals surface area contributed by atoms with Crippen LogP contribution in [-0.4, -0.2) is 4.57 Å². The number of hydrogen-bond donors (Lipinski definition) is 0. The van der Waals surface area contributed by atoms with Crippen molar-refractivity contribution >= 4 is 22.5 Å². The van der Waals surface area contributed by atoms with Crippen LogP contribution >= 0.6 is 11.6 Å². The van der Waals surface area contributed by atoms with Gasteiger partial charge in [-0.15, -0.1) is 0 Å². The van der Waals surface area contributed by atoms with Gasteiger partial charge in [-0.2, -0.15) is 0 Å². The van der Waals surface area contributed by atoms with Gasteiger partial charge in [0.05, 0.1) is 5.02 Å². The molecule has 2 aromatic carbocycles. The van der Waals surface area contributed by atoms with Crippen molar-refractivity contribution in [1.82, 2.24) is 4.57 Å². The van der Waals surface area contributed by atoms with Crippen molar-refractivity contribution in [1.29, 1.82) is 0 Å². The summed E-state index contributed by atoms with van der Waals surface area (Å²) in [6.07, 6.45) is 1.99. The molecule has 1 nitrogen and oxygen atoms in total. The molecule has 0 atom stereocenters. The van der Waals surface area contributed by atoms with Gasteiger partial charge in [-0.1, -0.05) is 41.9 Å². The molecule has 90 valence electrons. The molecule has 1 heterocycles. The second-order valence-corrected chi connectivity index (χ2v) is 4.59. The zero-order valence-electron chi connectivity index (χ0n) is 9.61. The van der Waals surface area contributed by atoms with Gasteiger partial charge in [-0.05, 0) is 29.1 Å². The summed E-state index contributed by atoms with van der Waals surface area (Å²) in [5.41, 5.74) is 1.91. The monoisotopic (exact) mass is 259 g/mol. The minimum Gasteiger partial charge on any atom is -0.343 e. The molecule has 1 aromatic heterocycles. The number of hydrogen-bond acceptors (Lipinski definition) is 0. The molecule has 0 aliphatic carbocycles. The molecule has 3 heteroatoms. The summed E-state index contributed by atoms with van der Waals surface area (Å²) < 4.78 is 15.4. The second-order valence-electron chi connectivity index (χ2n) is 4.22. The number of benzene rings is 2. The first-order valence-electron chi connectivity index (χ1n) is 5.72. The minimum absolute atomic E-state index is 0.204. The smallest absolute Gasteiger partial charge is 0.142 e. The van der Waals surface area contributed by atoms with E-state index in [-0.39, 0.29) is 10.8 Å². The number of rotatable bonds is 2. The summed E-state index contributed by atoms with van der Waals surface area (Å²) >= 11 is 5.97. The molecular weight excluding hydrogens is 249 g/mol. The fraction of sp³-hybridized carbons (Fsp3) is 0.0667. The van der Waals surface area contributed by atoms with Gasteiger partial charge >= 0.3 is 0 Å². The van der Waals surface area contributed by atoms with Gasteiger partial charge in [0.1, 0.15) is 5.82 Å². The quantitative estimate of drug-likeness (QED) is 0.639. The predicted octanol–water partition coefficient (Wildman–Crippen LogP) is 4.48. The van der Waals surface area contributed by atoms with E-state index in [1.165, 1.54) is 11.5 Å². The third-order valence-corrected chi connectivity index (χ3v) is 3.48. The highest BCUT2D eigenvalue weighted by molar-refractivity contribution is 6.31. The Balaban J connectivity index is 2.04. The van der Waals surface area contributed by atoms with E-state index in [2.05, 4.69) is 10.6 Å². The Morgan fingerprint density at radius 1 is 1.00 bits per heavy atom. The lowest BCUT2D eigenvalue weighted by molar-refractivity contribution is 0.624. The van der Waals surface area contributed by atoms with Crippen LogP contribution in [0.1, 0.15) is 5.56 Å². The summed E-state index contributed by atoms with van der Waals surface area (Å²) in [6, 6.07) is 15.0. The van der Waals surface area contributed by atoms with Crippen LogP contribution in [0.3, 0.4) is 0 Å². The molecule has 3 rings (SSSR count). The van der Waals surface area contributed by atoms with Crippen molar-refractivity contribution < 1.29 is 4.39 Å². The lowest BCUT2D eigenvalue weighted by Gasteiger charge is -2.08. The van der Waals surface area contributed by atoms with Crippen molar-refractivity contribution in [2.45, 2.75) is 6.54 Å². The first-order valence-corrected chi connectivity index (χ1v) is 6.10. The van der Waals surface area contributed by atoms with Crippen LogP contribution < -0.4 is 0 Å². The lowest BCUT2D eigenvalue weighted by Crippen LogP contribution is -1.99. The second kappa shape index (κ2) is 4.46. The fourth-order valence-electron chi connectivity index (χ4n) is 2.13. The van der Waals surface area contributed by atoms with Crippen LogP contribution in [-0.2, 0) is 6.54 Å². The van der Waals surface area contributed by atoms with Crippen LogP contribution in [0.25, 0.3) is 10.9 Å². The van der Waals surface area contributed by atoms with Crippen LogP contribution in [0.2, 0.25) is 5.02 Å². The predicted molar refractivity (Wildman–Crippen MR) is 72.5 cm³/mol. The van der Waals surface area contributed by atoms with Gasteiger partial charge in [0.15, 0.2) is 0 Å². The Morgan fingerprint density at radius 2 is 1.83 bits per heavy atom. The van der Waals surface area contributed by atoms with E-state index >= 15 is 0 Å². The van der Waals surface area contributed by atoms with Crippen molar-refractivity contribution in [3.63, 3.8) is 0 Å². The van der Waals surface area contributed by atoms with E-state index in [4.69, 9.17) is 11.6 Å². The Morgan fingerprint density at radius 3 is 2.72 bits per heavy atom. The Bertz CT molecular complexity index is 703. The van der Waals surface area contributed by atoms with Crippen LogP contribution in [0.15, 0.2) is 54.7 Å². The Hall–Kier alpha value is -1.80. The first-order chi connectivity index (χ1) is 8.75. The Kier molecular flexibility index (Phi) is 2.80. The molecule has 0 saturated heterocycles. The zero-order chi connectivity index (χ0) is 12.5. The molecule has 0 aliphatic rings. The van der Waals surface area contributed by atoms with E-state index in [0.717, 1.165) is 11.1 Å². The van der Waals surface area contributed by atoms with Gasteiger partial charge < -0.3 is 4.57 Å². The van der Waals surface area contributed by atoms with E-state index in [9.17, 15) is 4.39 Å². The standard InChI is InChI=1S/C15H11ClFN/c16-15-12(5-3-6-13(15)17)10-18-9-8-11-4-1-2-7-14(11)18/h1-9H,10H2. The average Bonchev–Trinajstić information content (AvgIpc) is 2.79. The molecule has 0 fully saturated rings. The molecule has 18 heavy (non-hydrogen) atoms. The molecule has 0 amide bonds. The highest BCUT2D eigenvalue weighted by Gasteiger charge is 2.07. The van der Waals surface area contributed by atoms with Crippen molar-refractivity contribution in [3.8, 4) is 0 Å². The maximum absolute atomic E-state index is 13.4. The molecule has 0 aliphatic heterocycles. The summed E-state index contributed by atoms with van der Waals surface area (Å²) in [4.78, 5) is 0. The van der Waals surface area contributed by atoms with Crippen molar-refractivity contribution in [3.05, 3.63) is 71.1 Å². The molecule has 0 spiro atoms. The number of halogens is 2. The van der Waals surface area contributed by atoms with Crippen LogP contribution in [0.4, 0.5) is 4.39 Å². The van der Waals surface area contributed by atoms with Crippen molar-refractivity contribution in [2.24, 2.45) is 0 Å². The SMILES string of the molecule is Fc1cccc(Cn2ccc3ccccc32)c1Cl. The highest BCUT2D eigenvalue weighted by Crippen LogP contribution is 2.23. The van der Waals surface area contributed by atoms with Crippen LogP contribution in [0.5, 0.6) is 0 Å². The first kappa shape index (κ1) is 11.3. The van der Waals surface area contributed by atoms with E-state index < -0.39 is 0 Å². The summed E-state index contributed by atoms with van der Waals surface area (Å²) in [7, 11) is 0. The number of para-hydroxylation sites is 1. The fourth-order valence-corrected chi connectivity index (χ4v) is 2.32. The largest absolute Gasteiger partial charge is 0.343 e. The van der Waals surface area contributed by atoms with Gasteiger partial charge in [0.25, 0.3) is 0 Å². The molecule has 0 unspecified atom stereocenters. The molecule has 0 bridgehead atoms. The number of fused-ring (bicyclic) bond motifs is 1. The van der Waals surface area contributed by atoms with Gasteiger partial charge in [-0.25, -0.2) is 4.39 Å². The maximum Gasteiger partial charge on any atom is 0.142 e. The lowest BCUT2D eigenvalue weighted by atomic mass is 10.2. The summed E-state index contributed by atoms with van der Waals surface area (Å²) in [5.74, 6) is -0.370. The number of aromatic nitrogens is 1. The molecule has 3 aromatic rings. The van der Waals surface area contributed by atoms with Crippen molar-refractivity contribution in [2.75, 3.05) is 0 Å². The van der Waals surface area contributed by atoms with E-state index in [1.807, 2.05) is 36.5 Å². The summed E-state index contributed by atoms with van der Waals surface area (Å²) in [6.45, 7) is 0.574. The minimum atomic E-state index is -0.370. The highest BCUT2D eigenvalue weighted by atomic mass is 35.5. The topological polar surface area (TPSA) is 4.93 Å². The summed E-state index contributed by atoms with van der Waals surface area (Å²) in [5, 5.41) is 1.38. The van der Waals surface area contributed by atoms with Gasteiger partial charge in [-0.3, -0.25) is 0 Å². The third-order valence-electron chi connectivity index (χ3n) is 3.05. The third kappa shape index (κ3) is 1.89. The zero-order valence-corrected chi connectivity index (χ0v) is 10.4.